The second kappa shape index (κ2) is 7.31. The molecule has 2 aromatic carbocycles. The molecule has 1 heterocycles. The topological polar surface area (TPSA) is 70.6 Å². The molecule has 0 aliphatic carbocycles. The first kappa shape index (κ1) is 16.3. The van der Waals surface area contributed by atoms with E-state index in [0.29, 0.717) is 0 Å². The summed E-state index contributed by atoms with van der Waals surface area (Å²) in [6.07, 6.45) is 1.66. The van der Waals surface area contributed by atoms with Gasteiger partial charge in [0.2, 0.25) is 11.8 Å². The van der Waals surface area contributed by atoms with Gasteiger partial charge in [0.25, 0.3) is 0 Å². The van der Waals surface area contributed by atoms with Crippen LogP contribution in [0.1, 0.15) is 17.5 Å². The van der Waals surface area contributed by atoms with Crippen molar-refractivity contribution in [1.29, 1.82) is 0 Å². The lowest BCUT2D eigenvalue weighted by Gasteiger charge is -2.23. The van der Waals surface area contributed by atoms with Crippen molar-refractivity contribution in [3.05, 3.63) is 59.7 Å². The van der Waals surface area contributed by atoms with E-state index in [4.69, 9.17) is 0 Å². The zero-order chi connectivity index (χ0) is 16.9. The molecule has 0 saturated heterocycles. The van der Waals surface area contributed by atoms with Gasteiger partial charge in [-0.15, -0.1) is 11.8 Å². The standard InChI is InChI=1S/C18H17N3O2S/c1-12-6-8-13(9-7-12)11-19-21-17(22)10-16-18(23)20-14-4-2-3-5-15(14)24-16/h2-9,11,16H,10H2,1H3,(H,20,23)(H,21,22)/b19-11+. The molecule has 0 radical (unpaired) electrons. The number of thioether (sulfide) groups is 1. The van der Waals surface area contributed by atoms with Gasteiger partial charge in [0.05, 0.1) is 17.2 Å². The maximum atomic E-state index is 12.1. The minimum atomic E-state index is -0.450. The van der Waals surface area contributed by atoms with Crippen LogP contribution in [0.25, 0.3) is 0 Å². The second-order valence-corrected chi connectivity index (χ2v) is 6.74. The Morgan fingerprint density at radius 3 is 2.79 bits per heavy atom. The lowest BCUT2D eigenvalue weighted by atomic mass is 10.2. The van der Waals surface area contributed by atoms with Crippen LogP contribution >= 0.6 is 11.8 Å². The first-order chi connectivity index (χ1) is 11.6. The number of aryl methyl sites for hydroxylation is 1. The zero-order valence-electron chi connectivity index (χ0n) is 13.2. The van der Waals surface area contributed by atoms with Crippen LogP contribution in [0.4, 0.5) is 5.69 Å². The van der Waals surface area contributed by atoms with E-state index in [2.05, 4.69) is 15.8 Å². The van der Waals surface area contributed by atoms with Crippen molar-refractivity contribution in [2.45, 2.75) is 23.5 Å². The van der Waals surface area contributed by atoms with E-state index in [0.717, 1.165) is 21.7 Å². The minimum absolute atomic E-state index is 0.0794. The number of benzene rings is 2. The average Bonchev–Trinajstić information content (AvgIpc) is 2.57. The van der Waals surface area contributed by atoms with Crippen molar-refractivity contribution in [2.75, 3.05) is 5.32 Å². The number of hydrazone groups is 1. The van der Waals surface area contributed by atoms with Crippen molar-refractivity contribution in [1.82, 2.24) is 5.43 Å². The average molecular weight is 339 g/mol. The van der Waals surface area contributed by atoms with Gasteiger partial charge < -0.3 is 5.32 Å². The molecule has 24 heavy (non-hydrogen) atoms. The first-order valence-electron chi connectivity index (χ1n) is 7.57. The van der Waals surface area contributed by atoms with Crippen LogP contribution < -0.4 is 10.7 Å². The van der Waals surface area contributed by atoms with E-state index in [9.17, 15) is 9.59 Å². The highest BCUT2D eigenvalue weighted by Gasteiger charge is 2.28. The Balaban J connectivity index is 1.55. The monoisotopic (exact) mass is 339 g/mol. The number of carbonyl (C=O) groups excluding carboxylic acids is 2. The summed E-state index contributed by atoms with van der Waals surface area (Å²) in [7, 11) is 0. The zero-order valence-corrected chi connectivity index (χ0v) is 14.0. The van der Waals surface area contributed by atoms with Crippen LogP contribution in [0, 0.1) is 6.92 Å². The molecule has 6 heteroatoms. The van der Waals surface area contributed by atoms with Gasteiger partial charge in [0, 0.05) is 11.3 Å². The van der Waals surface area contributed by atoms with Gasteiger partial charge in [-0.05, 0) is 24.6 Å². The van der Waals surface area contributed by atoms with Crippen LogP contribution in [0.2, 0.25) is 0 Å². The van der Waals surface area contributed by atoms with Gasteiger partial charge in [-0.25, -0.2) is 5.43 Å². The molecule has 0 aromatic heterocycles. The Labute approximate surface area is 144 Å². The van der Waals surface area contributed by atoms with Crippen LogP contribution in [-0.4, -0.2) is 23.3 Å². The predicted octanol–water partition coefficient (Wildman–Crippen LogP) is 2.95. The predicted molar refractivity (Wildman–Crippen MR) is 96.2 cm³/mol. The molecule has 1 aliphatic heterocycles. The van der Waals surface area contributed by atoms with Gasteiger partial charge in [-0.1, -0.05) is 42.0 Å². The molecule has 1 aliphatic rings. The van der Waals surface area contributed by atoms with Crippen LogP contribution in [0.3, 0.4) is 0 Å². The molecule has 122 valence electrons. The third-order valence-corrected chi connectivity index (χ3v) is 4.83. The lowest BCUT2D eigenvalue weighted by Crippen LogP contribution is -2.33. The summed E-state index contributed by atoms with van der Waals surface area (Å²) in [5, 5.41) is 6.32. The molecule has 1 unspecified atom stereocenters. The Kier molecular flexibility index (Phi) is 4.96. The van der Waals surface area contributed by atoms with Crippen molar-refractivity contribution >= 4 is 35.5 Å². The number of nitrogens with zero attached hydrogens (tertiary/aromatic N) is 1. The number of carbonyl (C=O) groups is 2. The minimum Gasteiger partial charge on any atom is -0.324 e. The molecular weight excluding hydrogens is 322 g/mol. The summed E-state index contributed by atoms with van der Waals surface area (Å²) in [5.41, 5.74) is 5.33. The van der Waals surface area contributed by atoms with Crippen molar-refractivity contribution < 1.29 is 9.59 Å². The Hall–Kier alpha value is -2.60. The number of fused-ring (bicyclic) bond motifs is 1. The number of rotatable bonds is 4. The summed E-state index contributed by atoms with van der Waals surface area (Å²) in [6, 6.07) is 15.4. The Bertz CT molecular complexity index is 787. The van der Waals surface area contributed by atoms with Crippen LogP contribution in [0.15, 0.2) is 58.5 Å². The Morgan fingerprint density at radius 2 is 2.00 bits per heavy atom. The van der Waals surface area contributed by atoms with E-state index in [-0.39, 0.29) is 18.2 Å². The van der Waals surface area contributed by atoms with Gasteiger partial charge in [-0.2, -0.15) is 5.10 Å². The highest BCUT2D eigenvalue weighted by Crippen LogP contribution is 2.36. The largest absolute Gasteiger partial charge is 0.324 e. The van der Waals surface area contributed by atoms with Gasteiger partial charge in [0.15, 0.2) is 0 Å². The summed E-state index contributed by atoms with van der Waals surface area (Å²) in [6.45, 7) is 2.01. The number of hydrogen-bond donors (Lipinski definition) is 2. The maximum Gasteiger partial charge on any atom is 0.241 e. The summed E-state index contributed by atoms with van der Waals surface area (Å²) in [5.74, 6) is -0.443. The molecular formula is C18H17N3O2S. The molecule has 0 bridgehead atoms. The molecule has 0 spiro atoms. The van der Waals surface area contributed by atoms with E-state index >= 15 is 0 Å². The van der Waals surface area contributed by atoms with Crippen molar-refractivity contribution in [3.8, 4) is 0 Å². The van der Waals surface area contributed by atoms with E-state index in [1.807, 2.05) is 55.5 Å². The van der Waals surface area contributed by atoms with Gasteiger partial charge in [-0.3, -0.25) is 9.59 Å². The molecule has 3 rings (SSSR count). The smallest absolute Gasteiger partial charge is 0.241 e. The fourth-order valence-corrected chi connectivity index (χ4v) is 3.38. The number of amides is 2. The molecule has 1 atom stereocenters. The van der Waals surface area contributed by atoms with Crippen molar-refractivity contribution in [2.24, 2.45) is 5.10 Å². The summed E-state index contributed by atoms with van der Waals surface area (Å²) >= 11 is 1.40. The van der Waals surface area contributed by atoms with E-state index < -0.39 is 5.25 Å². The van der Waals surface area contributed by atoms with Crippen LogP contribution in [0.5, 0.6) is 0 Å². The highest BCUT2D eigenvalue weighted by molar-refractivity contribution is 8.01. The molecule has 0 saturated carbocycles. The summed E-state index contributed by atoms with van der Waals surface area (Å²) in [4.78, 5) is 25.0. The number of hydrogen-bond acceptors (Lipinski definition) is 4. The van der Waals surface area contributed by atoms with E-state index in [1.165, 1.54) is 11.8 Å². The first-order valence-corrected chi connectivity index (χ1v) is 8.45. The molecule has 0 fully saturated rings. The maximum absolute atomic E-state index is 12.1. The van der Waals surface area contributed by atoms with Crippen LogP contribution in [-0.2, 0) is 9.59 Å². The number of nitrogens with one attached hydrogen (secondary N) is 2. The molecule has 2 N–H and O–H groups in total. The number of anilines is 1. The highest BCUT2D eigenvalue weighted by atomic mass is 32.2. The van der Waals surface area contributed by atoms with Crippen molar-refractivity contribution in [3.63, 3.8) is 0 Å². The van der Waals surface area contributed by atoms with Gasteiger partial charge in [0.1, 0.15) is 0 Å². The molecule has 5 nitrogen and oxygen atoms in total. The van der Waals surface area contributed by atoms with Gasteiger partial charge >= 0.3 is 0 Å². The van der Waals surface area contributed by atoms with E-state index in [1.54, 1.807) is 6.21 Å². The summed E-state index contributed by atoms with van der Waals surface area (Å²) < 4.78 is 0. The second-order valence-electron chi connectivity index (χ2n) is 5.50. The quantitative estimate of drug-likeness (QED) is 0.664. The Morgan fingerprint density at radius 1 is 1.25 bits per heavy atom. The lowest BCUT2D eigenvalue weighted by molar-refractivity contribution is -0.124. The third-order valence-electron chi connectivity index (χ3n) is 3.56. The molecule has 2 aromatic rings. The molecule has 2 amide bonds. The SMILES string of the molecule is Cc1ccc(/C=N/NC(=O)CC2Sc3ccccc3NC2=O)cc1. The fourth-order valence-electron chi connectivity index (χ4n) is 2.27. The number of para-hydroxylation sites is 1. The third kappa shape index (κ3) is 4.02. The normalized spacial score (nSPS) is 16.5. The fraction of sp³-hybridized carbons (Fsp3) is 0.167.